The van der Waals surface area contributed by atoms with E-state index in [-0.39, 0.29) is 0 Å². The van der Waals surface area contributed by atoms with Crippen LogP contribution in [0.2, 0.25) is 5.54 Å². The lowest BCUT2D eigenvalue weighted by Gasteiger charge is -2.16. The summed E-state index contributed by atoms with van der Waals surface area (Å²) in [6.07, 6.45) is 22.1. The van der Waals surface area contributed by atoms with Gasteiger partial charge in [0.2, 0.25) is 0 Å². The molecule has 1 atom stereocenters. The molecule has 0 spiro atoms. The molecular weight excluding hydrogens is 363 g/mol. The summed E-state index contributed by atoms with van der Waals surface area (Å²) >= 11 is 18.1. The molecule has 0 aliphatic heterocycles. The zero-order valence-corrected chi connectivity index (χ0v) is 18.8. The maximum Gasteiger partial charge on any atom is 0.344 e. The van der Waals surface area contributed by atoms with E-state index in [2.05, 4.69) is 13.8 Å². The fraction of sp³-hybridized carbons (Fsp3) is 1.00. The first-order chi connectivity index (χ1) is 11.0. The number of hydrogen-bond donors (Lipinski definition) is 0. The Kier molecular flexibility index (Phi) is 17.3. The predicted octanol–water partition coefficient (Wildman–Crippen LogP) is 9.29. The zero-order valence-electron chi connectivity index (χ0n) is 15.5. The van der Waals surface area contributed by atoms with Gasteiger partial charge in [0.1, 0.15) is 0 Å². The summed E-state index contributed by atoms with van der Waals surface area (Å²) in [5, 5.41) is 0. The Hall–Kier alpha value is 1.09. The van der Waals surface area contributed by atoms with Crippen molar-refractivity contribution in [2.24, 2.45) is 0 Å². The minimum absolute atomic E-state index is 0.300. The summed E-state index contributed by atoms with van der Waals surface area (Å²) in [5.74, 6) is 0. The molecule has 1 unspecified atom stereocenters. The van der Waals surface area contributed by atoms with Gasteiger partial charge >= 0.3 is 6.00 Å². The Balaban J connectivity index is 3.11. The van der Waals surface area contributed by atoms with Crippen LogP contribution in [0.4, 0.5) is 0 Å². The molecule has 4 heteroatoms. The Labute approximate surface area is 161 Å². The molecule has 0 aromatic carbocycles. The molecule has 0 nitrogen and oxygen atoms in total. The van der Waals surface area contributed by atoms with Gasteiger partial charge in [0.25, 0.3) is 0 Å². The van der Waals surface area contributed by atoms with Gasteiger partial charge in [-0.15, -0.1) is 33.2 Å². The van der Waals surface area contributed by atoms with Crippen molar-refractivity contribution in [1.82, 2.24) is 0 Å². The molecule has 140 valence electrons. The third-order valence-corrected chi connectivity index (χ3v) is 9.56. The smallest absolute Gasteiger partial charge is 0.126 e. The number of rotatable bonds is 17. The lowest BCUT2D eigenvalue weighted by molar-refractivity contribution is 0.528. The zero-order chi connectivity index (χ0) is 17.4. The molecule has 0 heterocycles. The Morgan fingerprint density at radius 3 is 1.17 bits per heavy atom. The second-order valence-corrected chi connectivity index (χ2v) is 16.4. The maximum absolute atomic E-state index is 6.02. The van der Waals surface area contributed by atoms with Crippen molar-refractivity contribution in [3.63, 3.8) is 0 Å². The fourth-order valence-corrected chi connectivity index (χ4v) is 4.50. The summed E-state index contributed by atoms with van der Waals surface area (Å²) in [6, 6.07) is -2.45. The number of unbranched alkanes of at least 4 members (excludes halogenated alkanes) is 14. The highest BCUT2D eigenvalue weighted by molar-refractivity contribution is 7.65. The van der Waals surface area contributed by atoms with Crippen LogP contribution in [0, 0.1) is 0 Å². The minimum atomic E-state index is -2.45. The highest BCUT2D eigenvalue weighted by Crippen LogP contribution is 2.37. The van der Waals surface area contributed by atoms with Crippen molar-refractivity contribution in [3.8, 4) is 0 Å². The molecule has 0 aliphatic rings. The molecule has 0 rings (SSSR count). The third kappa shape index (κ3) is 17.7. The molecule has 0 saturated heterocycles. The van der Waals surface area contributed by atoms with Crippen LogP contribution in [0.5, 0.6) is 0 Å². The minimum Gasteiger partial charge on any atom is -0.126 e. The van der Waals surface area contributed by atoms with Gasteiger partial charge in [0.15, 0.2) is 0 Å². The Bertz CT molecular complexity index is 241. The number of hydrogen-bond acceptors (Lipinski definition) is 0. The van der Waals surface area contributed by atoms with Crippen molar-refractivity contribution in [2.75, 3.05) is 0 Å². The van der Waals surface area contributed by atoms with Crippen LogP contribution in [0.15, 0.2) is 0 Å². The lowest BCUT2D eigenvalue weighted by atomic mass is 10.0. The van der Waals surface area contributed by atoms with E-state index >= 15 is 0 Å². The Morgan fingerprint density at radius 1 is 0.565 bits per heavy atom. The van der Waals surface area contributed by atoms with E-state index in [9.17, 15) is 0 Å². The van der Waals surface area contributed by atoms with Crippen molar-refractivity contribution >= 4 is 39.2 Å². The largest absolute Gasteiger partial charge is 0.344 e. The molecular formula is C19H39Cl3Si. The summed E-state index contributed by atoms with van der Waals surface area (Å²) in [6.45, 7) is 4.37. The monoisotopic (exact) mass is 400 g/mol. The van der Waals surface area contributed by atoms with Crippen molar-refractivity contribution in [2.45, 2.75) is 122 Å². The van der Waals surface area contributed by atoms with E-state index in [1.807, 2.05) is 0 Å². The number of halogens is 3. The van der Waals surface area contributed by atoms with Crippen LogP contribution in [-0.4, -0.2) is 6.00 Å². The van der Waals surface area contributed by atoms with E-state index < -0.39 is 6.00 Å². The van der Waals surface area contributed by atoms with Crippen LogP contribution < -0.4 is 0 Å². The van der Waals surface area contributed by atoms with Crippen LogP contribution in [0.1, 0.15) is 117 Å². The molecule has 0 aromatic heterocycles. The second kappa shape index (κ2) is 16.5. The molecule has 23 heavy (non-hydrogen) atoms. The van der Waals surface area contributed by atoms with E-state index in [0.29, 0.717) is 5.54 Å². The summed E-state index contributed by atoms with van der Waals surface area (Å²) in [4.78, 5) is 0. The molecule has 0 aliphatic carbocycles. The van der Waals surface area contributed by atoms with Gasteiger partial charge in [-0.05, 0) is 12.0 Å². The quantitative estimate of drug-likeness (QED) is 0.129. The van der Waals surface area contributed by atoms with Crippen molar-refractivity contribution in [3.05, 3.63) is 0 Å². The Morgan fingerprint density at radius 2 is 0.870 bits per heavy atom. The van der Waals surface area contributed by atoms with Crippen LogP contribution in [0.3, 0.4) is 0 Å². The second-order valence-electron chi connectivity index (χ2n) is 7.18. The fourth-order valence-electron chi connectivity index (χ4n) is 2.99. The van der Waals surface area contributed by atoms with E-state index in [0.717, 1.165) is 6.42 Å². The van der Waals surface area contributed by atoms with Gasteiger partial charge in [-0.1, -0.05) is 110 Å². The first kappa shape index (κ1) is 24.1. The summed E-state index contributed by atoms with van der Waals surface area (Å²) in [7, 11) is 0. The van der Waals surface area contributed by atoms with Crippen molar-refractivity contribution in [1.29, 1.82) is 0 Å². The van der Waals surface area contributed by atoms with Crippen LogP contribution in [0.25, 0.3) is 0 Å². The van der Waals surface area contributed by atoms with E-state index in [1.54, 1.807) is 0 Å². The first-order valence-corrected chi connectivity index (χ1v) is 15.2. The molecule has 0 bridgehead atoms. The van der Waals surface area contributed by atoms with Gasteiger partial charge in [-0.25, -0.2) is 0 Å². The molecule has 0 saturated carbocycles. The summed E-state index contributed by atoms with van der Waals surface area (Å²) in [5.41, 5.74) is 0.300. The highest BCUT2D eigenvalue weighted by Gasteiger charge is 2.32. The average Bonchev–Trinajstić information content (AvgIpc) is 2.50. The van der Waals surface area contributed by atoms with Gasteiger partial charge in [0, 0.05) is 0 Å². The molecule has 0 aromatic rings. The van der Waals surface area contributed by atoms with E-state index in [1.165, 1.54) is 96.3 Å². The molecule has 0 fully saturated rings. The topological polar surface area (TPSA) is 0 Å². The molecule has 0 radical (unpaired) electrons. The normalized spacial score (nSPS) is 13.4. The van der Waals surface area contributed by atoms with Gasteiger partial charge in [-0.2, -0.15) is 0 Å². The lowest BCUT2D eigenvalue weighted by Crippen LogP contribution is -2.16. The highest BCUT2D eigenvalue weighted by atomic mass is 35.8. The first-order valence-electron chi connectivity index (χ1n) is 10.0. The SMILES string of the molecule is CCCCCCCCCCCCCCCCCC(C)[Si](Cl)(Cl)Cl. The van der Waals surface area contributed by atoms with Gasteiger partial charge in [0.05, 0.1) is 0 Å². The summed E-state index contributed by atoms with van der Waals surface area (Å²) < 4.78 is 0. The third-order valence-electron chi connectivity index (χ3n) is 4.80. The van der Waals surface area contributed by atoms with Gasteiger partial charge < -0.3 is 0 Å². The molecule has 0 N–H and O–H groups in total. The standard InChI is InChI=1S/C19H39Cl3Si/c1-3-4-5-6-7-8-9-10-11-12-13-14-15-16-17-18-19(2)23(20,21)22/h19H,3-18H2,1-2H3. The van der Waals surface area contributed by atoms with Crippen molar-refractivity contribution < 1.29 is 0 Å². The average molecular weight is 402 g/mol. The van der Waals surface area contributed by atoms with E-state index in [4.69, 9.17) is 33.2 Å². The predicted molar refractivity (Wildman–Crippen MR) is 112 cm³/mol. The van der Waals surface area contributed by atoms with Crippen LogP contribution >= 0.6 is 33.2 Å². The molecule has 0 amide bonds. The maximum atomic E-state index is 6.02. The van der Waals surface area contributed by atoms with Crippen LogP contribution in [-0.2, 0) is 0 Å². The van der Waals surface area contributed by atoms with Gasteiger partial charge in [-0.3, -0.25) is 0 Å².